The van der Waals surface area contributed by atoms with Crippen molar-refractivity contribution >= 4 is 10.8 Å². The second kappa shape index (κ2) is 4.66. The number of aryl methyl sites for hydroxylation is 1. The van der Waals surface area contributed by atoms with E-state index in [1.807, 2.05) is 0 Å². The summed E-state index contributed by atoms with van der Waals surface area (Å²) in [5.74, 6) is 0. The second-order valence-corrected chi connectivity index (χ2v) is 4.62. The molecule has 0 saturated carbocycles. The first kappa shape index (κ1) is 11.0. The molecule has 0 spiro atoms. The van der Waals surface area contributed by atoms with E-state index in [4.69, 9.17) is 0 Å². The number of fused-ring (bicyclic) bond motifs is 1. The van der Waals surface area contributed by atoms with E-state index in [9.17, 15) is 0 Å². The molecule has 0 saturated heterocycles. The average molecular weight is 232 g/mol. The van der Waals surface area contributed by atoms with Gasteiger partial charge in [0, 0.05) is 0 Å². The molecule has 3 rings (SSSR count). The van der Waals surface area contributed by atoms with Crippen molar-refractivity contribution in [3.05, 3.63) is 72.3 Å². The Balaban J connectivity index is 2.12. The van der Waals surface area contributed by atoms with Crippen LogP contribution in [0.5, 0.6) is 0 Å². The quantitative estimate of drug-likeness (QED) is 0.578. The summed E-state index contributed by atoms with van der Waals surface area (Å²) in [5.41, 5.74) is 3.96. The first-order chi connectivity index (χ1) is 8.86. The van der Waals surface area contributed by atoms with Crippen molar-refractivity contribution in [3.8, 4) is 11.1 Å². The molecule has 0 unspecified atom stereocenters. The van der Waals surface area contributed by atoms with Crippen LogP contribution in [0.4, 0.5) is 0 Å². The SMILES string of the molecule is CCc1ccc2cc(-c3ccccc3)ccc2c1. The van der Waals surface area contributed by atoms with Crippen LogP contribution in [0.1, 0.15) is 12.5 Å². The molecule has 0 atom stereocenters. The molecular weight excluding hydrogens is 216 g/mol. The van der Waals surface area contributed by atoms with Crippen LogP contribution in [0.2, 0.25) is 0 Å². The maximum absolute atomic E-state index is 2.28. The van der Waals surface area contributed by atoms with Gasteiger partial charge in [0.2, 0.25) is 0 Å². The van der Waals surface area contributed by atoms with Gasteiger partial charge in [-0.3, -0.25) is 0 Å². The molecule has 0 bridgehead atoms. The Morgan fingerprint density at radius 3 is 2.17 bits per heavy atom. The van der Waals surface area contributed by atoms with E-state index in [1.54, 1.807) is 0 Å². The number of hydrogen-bond donors (Lipinski definition) is 0. The van der Waals surface area contributed by atoms with E-state index < -0.39 is 0 Å². The molecule has 0 nitrogen and oxygen atoms in total. The number of benzene rings is 3. The summed E-state index contributed by atoms with van der Waals surface area (Å²) < 4.78 is 0. The summed E-state index contributed by atoms with van der Waals surface area (Å²) in [6.45, 7) is 2.19. The fourth-order valence-corrected chi connectivity index (χ4v) is 2.33. The van der Waals surface area contributed by atoms with Crippen LogP contribution in [0.15, 0.2) is 66.7 Å². The molecule has 18 heavy (non-hydrogen) atoms. The van der Waals surface area contributed by atoms with Gasteiger partial charge in [-0.15, -0.1) is 0 Å². The Kier molecular flexibility index (Phi) is 2.85. The van der Waals surface area contributed by atoms with Gasteiger partial charge in [0.15, 0.2) is 0 Å². The minimum atomic E-state index is 1.09. The van der Waals surface area contributed by atoms with E-state index in [1.165, 1.54) is 27.5 Å². The van der Waals surface area contributed by atoms with E-state index in [2.05, 4.69) is 73.7 Å². The Bertz CT molecular complexity index is 666. The number of hydrogen-bond acceptors (Lipinski definition) is 0. The Labute approximate surface area is 108 Å². The summed E-state index contributed by atoms with van der Waals surface area (Å²) in [6, 6.07) is 23.9. The zero-order valence-corrected chi connectivity index (χ0v) is 10.6. The molecule has 88 valence electrons. The molecule has 0 fully saturated rings. The third-order valence-electron chi connectivity index (χ3n) is 3.42. The van der Waals surface area contributed by atoms with Gasteiger partial charge in [0.1, 0.15) is 0 Å². The normalized spacial score (nSPS) is 10.7. The smallest absolute Gasteiger partial charge is 0.0178 e. The molecule has 0 radical (unpaired) electrons. The molecule has 3 aromatic rings. The Morgan fingerprint density at radius 1 is 0.667 bits per heavy atom. The molecule has 0 aromatic heterocycles. The van der Waals surface area contributed by atoms with E-state index in [-0.39, 0.29) is 0 Å². The predicted molar refractivity (Wildman–Crippen MR) is 78.8 cm³/mol. The molecule has 3 aromatic carbocycles. The van der Waals surface area contributed by atoms with Crippen LogP contribution in [0.3, 0.4) is 0 Å². The third kappa shape index (κ3) is 2.02. The maximum Gasteiger partial charge on any atom is -0.0178 e. The highest BCUT2D eigenvalue weighted by Crippen LogP contribution is 2.25. The lowest BCUT2D eigenvalue weighted by Gasteiger charge is -2.05. The van der Waals surface area contributed by atoms with Gasteiger partial charge >= 0.3 is 0 Å². The van der Waals surface area contributed by atoms with Gasteiger partial charge in [0.05, 0.1) is 0 Å². The number of rotatable bonds is 2. The fourth-order valence-electron chi connectivity index (χ4n) is 2.33. The summed E-state index contributed by atoms with van der Waals surface area (Å²) in [4.78, 5) is 0. The third-order valence-corrected chi connectivity index (χ3v) is 3.42. The van der Waals surface area contributed by atoms with Crippen LogP contribution >= 0.6 is 0 Å². The van der Waals surface area contributed by atoms with Crippen molar-refractivity contribution in [2.45, 2.75) is 13.3 Å². The maximum atomic E-state index is 2.28. The zero-order valence-electron chi connectivity index (χ0n) is 10.6. The van der Waals surface area contributed by atoms with Crippen LogP contribution in [-0.2, 0) is 6.42 Å². The summed E-state index contributed by atoms with van der Waals surface area (Å²) in [6.07, 6.45) is 1.09. The lowest BCUT2D eigenvalue weighted by Crippen LogP contribution is -1.82. The Morgan fingerprint density at radius 2 is 1.39 bits per heavy atom. The topological polar surface area (TPSA) is 0 Å². The van der Waals surface area contributed by atoms with Gasteiger partial charge in [0.25, 0.3) is 0 Å². The second-order valence-electron chi connectivity index (χ2n) is 4.62. The Hall–Kier alpha value is -2.08. The van der Waals surface area contributed by atoms with Crippen LogP contribution in [-0.4, -0.2) is 0 Å². The van der Waals surface area contributed by atoms with Crippen molar-refractivity contribution in [2.24, 2.45) is 0 Å². The zero-order chi connectivity index (χ0) is 12.4. The average Bonchev–Trinajstić information content (AvgIpc) is 2.47. The van der Waals surface area contributed by atoms with E-state index in [0.717, 1.165) is 6.42 Å². The molecule has 0 heteroatoms. The van der Waals surface area contributed by atoms with Gasteiger partial charge in [-0.2, -0.15) is 0 Å². The lowest BCUT2D eigenvalue weighted by atomic mass is 9.99. The van der Waals surface area contributed by atoms with Gasteiger partial charge in [-0.1, -0.05) is 67.6 Å². The molecule has 0 heterocycles. The standard InChI is InChI=1S/C18H16/c1-2-14-8-9-18-13-17(11-10-16(18)12-14)15-6-4-3-5-7-15/h3-13H,2H2,1H3. The van der Waals surface area contributed by atoms with Gasteiger partial charge in [-0.05, 0) is 39.9 Å². The van der Waals surface area contributed by atoms with Gasteiger partial charge < -0.3 is 0 Å². The fraction of sp³-hybridized carbons (Fsp3) is 0.111. The van der Waals surface area contributed by atoms with E-state index in [0.29, 0.717) is 0 Å². The van der Waals surface area contributed by atoms with Crippen molar-refractivity contribution in [1.82, 2.24) is 0 Å². The minimum Gasteiger partial charge on any atom is -0.0622 e. The monoisotopic (exact) mass is 232 g/mol. The minimum absolute atomic E-state index is 1.09. The summed E-state index contributed by atoms with van der Waals surface area (Å²) in [7, 11) is 0. The van der Waals surface area contributed by atoms with Crippen LogP contribution in [0.25, 0.3) is 21.9 Å². The lowest BCUT2D eigenvalue weighted by molar-refractivity contribution is 1.15. The first-order valence-corrected chi connectivity index (χ1v) is 6.45. The molecular formula is C18H16. The van der Waals surface area contributed by atoms with Crippen LogP contribution in [0, 0.1) is 0 Å². The van der Waals surface area contributed by atoms with E-state index >= 15 is 0 Å². The molecule has 0 aliphatic carbocycles. The van der Waals surface area contributed by atoms with Crippen molar-refractivity contribution in [3.63, 3.8) is 0 Å². The first-order valence-electron chi connectivity index (χ1n) is 6.45. The summed E-state index contributed by atoms with van der Waals surface area (Å²) in [5, 5.41) is 2.64. The molecule has 0 aliphatic rings. The molecule has 0 aliphatic heterocycles. The van der Waals surface area contributed by atoms with Gasteiger partial charge in [-0.25, -0.2) is 0 Å². The largest absolute Gasteiger partial charge is 0.0622 e. The predicted octanol–water partition coefficient (Wildman–Crippen LogP) is 5.07. The van der Waals surface area contributed by atoms with Crippen LogP contribution < -0.4 is 0 Å². The van der Waals surface area contributed by atoms with Crippen molar-refractivity contribution in [2.75, 3.05) is 0 Å². The highest BCUT2D eigenvalue weighted by molar-refractivity contribution is 5.87. The highest BCUT2D eigenvalue weighted by Gasteiger charge is 1.99. The molecule has 0 amide bonds. The molecule has 0 N–H and O–H groups in total. The van der Waals surface area contributed by atoms with Crippen molar-refractivity contribution < 1.29 is 0 Å². The highest BCUT2D eigenvalue weighted by atomic mass is 14.0. The van der Waals surface area contributed by atoms with Crippen molar-refractivity contribution in [1.29, 1.82) is 0 Å². The summed E-state index contributed by atoms with van der Waals surface area (Å²) >= 11 is 0.